The number of benzene rings is 3. The standard InChI is InChI=1S/C31H34F2N6O2.C24H32N4O4/c1-3-22-25(32)9-6-17-11-21(40)12-23(26(17)22)28-27(33)29-24(13-34-28)30(39-14-18-7-8-19(15-39)35-18)37-31(36-29)41-16-20-5-4-10-38(20)2;29-19-7-9-26(10-8-19)14-16-5-11-27(12-6-16)18-1-2-20-17(13-18)15-28(24(20)32)21-3-4-22(30)25-23(21)31/h6,9,11-13,18-20,35,40H,3-5,7-8,10,14-16H2,1-2H3;1-2,13,16,19,21,29H,3-12,14-15H2,(H,25,30,31). The fraction of sp³-hybridized carbons (Fsp3) is 0.527. The minimum atomic E-state index is -0.648. The Hall–Kier alpha value is -6.08. The number of amides is 3. The summed E-state index contributed by atoms with van der Waals surface area (Å²) in [5.41, 5.74) is 3.65. The van der Waals surface area contributed by atoms with Crippen LogP contribution in [0.3, 0.4) is 0 Å². The van der Waals surface area contributed by atoms with Crippen molar-refractivity contribution in [1.29, 1.82) is 0 Å². The number of piperazine rings is 1. The van der Waals surface area contributed by atoms with Crippen LogP contribution in [0.1, 0.15) is 92.6 Å². The van der Waals surface area contributed by atoms with Gasteiger partial charge in [0, 0.05) is 99.9 Å². The molecule has 7 aliphatic heterocycles. The van der Waals surface area contributed by atoms with Crippen molar-refractivity contribution < 1.29 is 38.1 Å². The highest BCUT2D eigenvalue weighted by molar-refractivity contribution is 6.06. The molecule has 18 heteroatoms. The number of phenols is 1. The Kier molecular flexibility index (Phi) is 13.9. The van der Waals surface area contributed by atoms with Crippen LogP contribution < -0.4 is 25.2 Å². The summed E-state index contributed by atoms with van der Waals surface area (Å²) in [6.07, 6.45) is 11.0. The number of nitrogens with zero attached hydrogens (tertiary/aromatic N) is 8. The fourth-order valence-electron chi connectivity index (χ4n) is 12.5. The highest BCUT2D eigenvalue weighted by atomic mass is 19.1. The zero-order chi connectivity index (χ0) is 50.5. The molecule has 73 heavy (non-hydrogen) atoms. The molecule has 5 aromatic rings. The molecule has 9 heterocycles. The molecule has 0 aliphatic carbocycles. The summed E-state index contributed by atoms with van der Waals surface area (Å²) in [5.74, 6) is -0.517. The Balaban J connectivity index is 0.000000162. The van der Waals surface area contributed by atoms with Crippen LogP contribution >= 0.6 is 0 Å². The zero-order valence-electron chi connectivity index (χ0n) is 41.8. The number of rotatable bonds is 10. The number of hydrogen-bond donors (Lipinski definition) is 4. The lowest BCUT2D eigenvalue weighted by atomic mass is 9.94. The summed E-state index contributed by atoms with van der Waals surface area (Å²) in [5, 5.41) is 27.9. The molecule has 16 nitrogen and oxygen atoms in total. The van der Waals surface area contributed by atoms with Gasteiger partial charge >= 0.3 is 6.01 Å². The monoisotopic (exact) mass is 1000 g/mol. The Morgan fingerprint density at radius 3 is 2.36 bits per heavy atom. The van der Waals surface area contributed by atoms with Crippen LogP contribution in [-0.4, -0.2) is 154 Å². The van der Waals surface area contributed by atoms with Crippen molar-refractivity contribution in [1.82, 2.24) is 40.3 Å². The number of nitrogens with one attached hydrogen (secondary N) is 2. The second-order valence-electron chi connectivity index (χ2n) is 21.3. The van der Waals surface area contributed by atoms with Gasteiger partial charge in [-0.15, -0.1) is 0 Å². The Morgan fingerprint density at radius 1 is 0.849 bits per heavy atom. The van der Waals surface area contributed by atoms with Gasteiger partial charge in [0.15, 0.2) is 5.82 Å². The average molecular weight is 1000 g/mol. The number of hydrogen-bond acceptors (Lipinski definition) is 14. The molecule has 0 radical (unpaired) electrons. The number of likely N-dealkylation sites (N-methyl/N-ethyl adjacent to an activating group) is 1. The lowest BCUT2D eigenvalue weighted by Crippen LogP contribution is -2.52. The highest BCUT2D eigenvalue weighted by Gasteiger charge is 2.40. The molecule has 4 N–H and O–H groups in total. The van der Waals surface area contributed by atoms with Crippen molar-refractivity contribution in [3.63, 3.8) is 0 Å². The molecular weight excluding hydrogens is 935 g/mol. The molecule has 2 bridgehead atoms. The highest BCUT2D eigenvalue weighted by Crippen LogP contribution is 2.40. The van der Waals surface area contributed by atoms with E-state index < -0.39 is 11.9 Å². The molecular formula is C55H66F2N10O6. The van der Waals surface area contributed by atoms with Crippen molar-refractivity contribution in [3.8, 4) is 23.0 Å². The molecule has 0 saturated carbocycles. The number of phenolic OH excluding ortho intramolecular Hbond substituents is 1. The smallest absolute Gasteiger partial charge is 0.319 e. The fourth-order valence-corrected chi connectivity index (χ4v) is 12.5. The van der Waals surface area contributed by atoms with E-state index in [0.29, 0.717) is 82.7 Å². The Bertz CT molecular complexity index is 2920. The van der Waals surface area contributed by atoms with Gasteiger partial charge in [-0.05, 0) is 142 Å². The number of carbonyl (C=O) groups is 3. The van der Waals surface area contributed by atoms with Gasteiger partial charge in [-0.2, -0.15) is 9.97 Å². The quantitative estimate of drug-likeness (QED) is 0.121. The minimum absolute atomic E-state index is 0.00482. The number of imide groups is 1. The van der Waals surface area contributed by atoms with Gasteiger partial charge in [0.25, 0.3) is 5.91 Å². The van der Waals surface area contributed by atoms with Crippen LogP contribution in [0.2, 0.25) is 0 Å². The number of carbonyl (C=O) groups excluding carboxylic acids is 3. The third-order valence-corrected chi connectivity index (χ3v) is 16.6. The Morgan fingerprint density at radius 2 is 1.63 bits per heavy atom. The van der Waals surface area contributed by atoms with Gasteiger partial charge in [-0.25, -0.2) is 8.78 Å². The summed E-state index contributed by atoms with van der Waals surface area (Å²) in [6, 6.07) is 12.5. The first kappa shape index (κ1) is 49.1. The van der Waals surface area contributed by atoms with Crippen LogP contribution in [0.5, 0.6) is 11.8 Å². The van der Waals surface area contributed by atoms with Crippen molar-refractivity contribution in [2.75, 3.05) is 75.8 Å². The molecule has 4 atom stereocenters. The number of aliphatic hydroxyl groups is 1. The molecule has 2 aromatic heterocycles. The molecule has 386 valence electrons. The number of aliphatic hydroxyl groups excluding tert-OH is 1. The number of likely N-dealkylation sites (tertiary alicyclic amines) is 2. The van der Waals surface area contributed by atoms with E-state index in [4.69, 9.17) is 9.72 Å². The molecule has 3 aromatic carbocycles. The van der Waals surface area contributed by atoms with Crippen LogP contribution in [-0.2, 0) is 22.6 Å². The first-order chi connectivity index (χ1) is 35.4. The van der Waals surface area contributed by atoms with E-state index in [-0.39, 0.29) is 65.1 Å². The SMILES string of the molecule is CCc1c(F)ccc2cc(O)cc(-c3ncc4c(N5CC6CCC(C5)N6)nc(OCC5CCCN5C)nc4c3F)c12.O=C1CCC(N2Cc3cc(N4CCC(CN5CCC(O)CC5)CC4)ccc3C2=O)C(=O)N1. The van der Waals surface area contributed by atoms with Crippen molar-refractivity contribution >= 4 is 50.9 Å². The largest absolute Gasteiger partial charge is 0.508 e. The zero-order valence-corrected chi connectivity index (χ0v) is 41.8. The number of aromatic nitrogens is 3. The van der Waals surface area contributed by atoms with Gasteiger partial charge in [0.1, 0.15) is 41.2 Å². The topological polar surface area (TPSA) is 180 Å². The minimum Gasteiger partial charge on any atom is -0.508 e. The summed E-state index contributed by atoms with van der Waals surface area (Å²) in [7, 11) is 2.08. The van der Waals surface area contributed by atoms with Gasteiger partial charge < -0.3 is 44.8 Å². The van der Waals surface area contributed by atoms with E-state index in [1.54, 1.807) is 23.2 Å². The molecule has 0 spiro atoms. The molecule has 7 aliphatic rings. The molecule has 6 saturated heterocycles. The van der Waals surface area contributed by atoms with Crippen LogP contribution in [0, 0.1) is 17.6 Å². The first-order valence-corrected chi connectivity index (χ1v) is 26.4. The summed E-state index contributed by atoms with van der Waals surface area (Å²) < 4.78 is 37.6. The van der Waals surface area contributed by atoms with E-state index in [0.717, 1.165) is 115 Å². The number of halogens is 2. The van der Waals surface area contributed by atoms with Crippen LogP contribution in [0.25, 0.3) is 32.9 Å². The summed E-state index contributed by atoms with van der Waals surface area (Å²) >= 11 is 0. The average Bonchev–Trinajstić information content (AvgIpc) is 4.07. The molecule has 4 unspecified atom stereocenters. The maximum absolute atomic E-state index is 16.6. The van der Waals surface area contributed by atoms with E-state index >= 15 is 4.39 Å². The van der Waals surface area contributed by atoms with Crippen molar-refractivity contribution in [3.05, 3.63) is 77.0 Å². The van der Waals surface area contributed by atoms with Gasteiger partial charge in [-0.3, -0.25) is 24.7 Å². The maximum atomic E-state index is 16.6. The first-order valence-electron chi connectivity index (χ1n) is 26.4. The lowest BCUT2D eigenvalue weighted by molar-refractivity contribution is -0.136. The number of fused-ring (bicyclic) bond motifs is 5. The number of pyridine rings is 1. The van der Waals surface area contributed by atoms with Crippen LogP contribution in [0.15, 0.2) is 48.7 Å². The third-order valence-electron chi connectivity index (χ3n) is 16.6. The van der Waals surface area contributed by atoms with Gasteiger partial charge in [0.2, 0.25) is 11.8 Å². The molecule has 12 rings (SSSR count). The predicted molar refractivity (Wildman–Crippen MR) is 274 cm³/mol. The van der Waals surface area contributed by atoms with E-state index in [1.165, 1.54) is 12.1 Å². The number of ether oxygens (including phenoxy) is 1. The van der Waals surface area contributed by atoms with Crippen molar-refractivity contribution in [2.45, 2.75) is 114 Å². The van der Waals surface area contributed by atoms with E-state index in [1.807, 2.05) is 19.1 Å². The predicted octanol–water partition coefficient (Wildman–Crippen LogP) is 5.93. The number of anilines is 2. The molecule has 6 fully saturated rings. The second-order valence-corrected chi connectivity index (χ2v) is 21.3. The van der Waals surface area contributed by atoms with E-state index in [9.17, 15) is 29.0 Å². The van der Waals surface area contributed by atoms with Gasteiger partial charge in [-0.1, -0.05) is 13.0 Å². The van der Waals surface area contributed by atoms with Gasteiger partial charge in [0.05, 0.1) is 11.5 Å². The Labute approximate surface area is 424 Å². The lowest BCUT2D eigenvalue weighted by Gasteiger charge is -2.37. The number of aromatic hydroxyl groups is 1. The van der Waals surface area contributed by atoms with Crippen molar-refractivity contribution in [2.24, 2.45) is 5.92 Å². The molecule has 3 amide bonds. The third kappa shape index (κ3) is 10.0. The summed E-state index contributed by atoms with van der Waals surface area (Å²) in [4.78, 5) is 61.5. The normalized spacial score (nSPS) is 24.1. The van der Waals surface area contributed by atoms with E-state index in [2.05, 4.69) is 53.3 Å². The number of aryl methyl sites for hydroxylation is 1. The van der Waals surface area contributed by atoms with Crippen LogP contribution in [0.4, 0.5) is 20.3 Å². The second kappa shape index (κ2) is 20.7. The maximum Gasteiger partial charge on any atom is 0.319 e. The summed E-state index contributed by atoms with van der Waals surface area (Å²) in [6.45, 7) is 10.4. The number of piperidine rings is 3.